The van der Waals surface area contributed by atoms with Crippen molar-refractivity contribution in [3.05, 3.63) is 35.9 Å². The Hall–Kier alpha value is -1.64. The molecule has 0 aliphatic heterocycles. The van der Waals surface area contributed by atoms with Gasteiger partial charge in [-0.2, -0.15) is 0 Å². The molecule has 0 unspecified atom stereocenters. The van der Waals surface area contributed by atoms with Gasteiger partial charge in [0.2, 0.25) is 0 Å². The second kappa shape index (κ2) is 6.00. The minimum absolute atomic E-state index is 0.248. The first kappa shape index (κ1) is 14.3. The van der Waals surface area contributed by atoms with Crippen molar-refractivity contribution in [1.82, 2.24) is 15.2 Å². The molecule has 0 aliphatic rings. The second-order valence-corrected chi connectivity index (χ2v) is 7.27. The molecule has 3 aromatic rings. The summed E-state index contributed by atoms with van der Waals surface area (Å²) in [6, 6.07) is 8.79. The summed E-state index contributed by atoms with van der Waals surface area (Å²) in [5.74, 6) is -0.961. The summed E-state index contributed by atoms with van der Waals surface area (Å²) in [5, 5.41) is 18.7. The van der Waals surface area contributed by atoms with Gasteiger partial charge >= 0.3 is 5.97 Å². The minimum atomic E-state index is -0.961. The van der Waals surface area contributed by atoms with Crippen LogP contribution in [0.3, 0.4) is 0 Å². The summed E-state index contributed by atoms with van der Waals surface area (Å²) in [6.45, 7) is 0. The molecule has 0 saturated heterocycles. The number of rotatable bonds is 4. The predicted octanol–water partition coefficient (Wildman–Crippen LogP) is 3.66. The van der Waals surface area contributed by atoms with Gasteiger partial charge in [0.1, 0.15) is 5.03 Å². The van der Waals surface area contributed by atoms with Crippen molar-refractivity contribution in [3.63, 3.8) is 0 Å². The molecule has 0 bridgehead atoms. The highest BCUT2D eigenvalue weighted by Gasteiger charge is 2.13. The molecular weight excluding hydrogens is 326 g/mol. The number of aromatic carboxylic acids is 1. The largest absolute Gasteiger partial charge is 0.478 e. The van der Waals surface area contributed by atoms with Crippen LogP contribution >= 0.6 is 34.9 Å². The topological polar surface area (TPSA) is 76.0 Å². The molecule has 1 aromatic carbocycles. The van der Waals surface area contributed by atoms with Crippen LogP contribution in [0.15, 0.2) is 44.0 Å². The van der Waals surface area contributed by atoms with Crippen LogP contribution in [-0.4, -0.2) is 32.5 Å². The lowest BCUT2D eigenvalue weighted by atomic mass is 10.1. The van der Waals surface area contributed by atoms with Gasteiger partial charge in [-0.25, -0.2) is 9.78 Å². The average molecular weight is 335 g/mol. The fourth-order valence-electron chi connectivity index (χ4n) is 1.79. The Kier molecular flexibility index (Phi) is 4.09. The smallest absolute Gasteiger partial charge is 0.336 e. The SMILES string of the molecule is CSc1nnc(Sc2cc(C(=O)O)c3ccccc3n2)s1. The zero-order valence-corrected chi connectivity index (χ0v) is 13.3. The number of carbonyl (C=O) groups is 1. The van der Waals surface area contributed by atoms with E-state index in [0.717, 1.165) is 8.68 Å². The molecule has 106 valence electrons. The van der Waals surface area contributed by atoms with Crippen LogP contribution in [0.2, 0.25) is 0 Å². The van der Waals surface area contributed by atoms with Gasteiger partial charge in [0, 0.05) is 5.39 Å². The highest BCUT2D eigenvalue weighted by Crippen LogP contribution is 2.33. The molecule has 0 radical (unpaired) electrons. The quantitative estimate of drug-likeness (QED) is 0.729. The van der Waals surface area contributed by atoms with Gasteiger partial charge in [-0.05, 0) is 30.2 Å². The third-order valence-corrected chi connectivity index (χ3v) is 5.55. The van der Waals surface area contributed by atoms with Crippen LogP contribution in [0.25, 0.3) is 10.9 Å². The first-order valence-electron chi connectivity index (χ1n) is 5.86. The maximum absolute atomic E-state index is 11.4. The number of hydrogen-bond acceptors (Lipinski definition) is 7. The van der Waals surface area contributed by atoms with Gasteiger partial charge in [-0.3, -0.25) is 0 Å². The van der Waals surface area contributed by atoms with E-state index in [4.69, 9.17) is 0 Å². The van der Waals surface area contributed by atoms with E-state index >= 15 is 0 Å². The van der Waals surface area contributed by atoms with E-state index < -0.39 is 5.97 Å². The summed E-state index contributed by atoms with van der Waals surface area (Å²) in [7, 11) is 0. The summed E-state index contributed by atoms with van der Waals surface area (Å²) in [6.07, 6.45) is 1.94. The van der Waals surface area contributed by atoms with E-state index in [1.807, 2.05) is 12.3 Å². The van der Waals surface area contributed by atoms with E-state index in [2.05, 4.69) is 15.2 Å². The van der Waals surface area contributed by atoms with Crippen LogP contribution in [-0.2, 0) is 0 Å². The Morgan fingerprint density at radius 2 is 2.00 bits per heavy atom. The van der Waals surface area contributed by atoms with Crippen molar-refractivity contribution < 1.29 is 9.90 Å². The number of carboxylic acid groups (broad SMARTS) is 1. The Balaban J connectivity index is 2.04. The number of thioether (sulfide) groups is 1. The number of para-hydroxylation sites is 1. The minimum Gasteiger partial charge on any atom is -0.478 e. The molecule has 5 nitrogen and oxygen atoms in total. The lowest BCUT2D eigenvalue weighted by molar-refractivity contribution is 0.0698. The Bertz CT molecular complexity index is 819. The molecule has 21 heavy (non-hydrogen) atoms. The summed E-state index contributed by atoms with van der Waals surface area (Å²) in [4.78, 5) is 15.9. The van der Waals surface area contributed by atoms with Gasteiger partial charge in [-0.1, -0.05) is 41.3 Å². The molecule has 2 heterocycles. The molecule has 2 aromatic heterocycles. The molecule has 0 aliphatic carbocycles. The van der Waals surface area contributed by atoms with E-state index in [9.17, 15) is 9.90 Å². The monoisotopic (exact) mass is 335 g/mol. The number of nitrogens with zero attached hydrogens (tertiary/aromatic N) is 3. The zero-order chi connectivity index (χ0) is 14.8. The summed E-state index contributed by atoms with van der Waals surface area (Å²) >= 11 is 4.32. The van der Waals surface area contributed by atoms with Crippen LogP contribution < -0.4 is 0 Å². The normalized spacial score (nSPS) is 10.9. The van der Waals surface area contributed by atoms with Crippen LogP contribution in [0.1, 0.15) is 10.4 Å². The predicted molar refractivity (Wildman–Crippen MR) is 84.5 cm³/mol. The maximum atomic E-state index is 11.4. The van der Waals surface area contributed by atoms with Crippen LogP contribution in [0.5, 0.6) is 0 Å². The molecule has 0 saturated carbocycles. The molecule has 3 rings (SSSR count). The molecule has 0 atom stereocenters. The van der Waals surface area contributed by atoms with Crippen molar-refractivity contribution in [2.45, 2.75) is 13.7 Å². The zero-order valence-electron chi connectivity index (χ0n) is 10.8. The first-order valence-corrected chi connectivity index (χ1v) is 8.71. The van der Waals surface area contributed by atoms with Crippen molar-refractivity contribution in [3.8, 4) is 0 Å². The van der Waals surface area contributed by atoms with Gasteiger partial charge in [0.15, 0.2) is 8.68 Å². The highest BCUT2D eigenvalue weighted by atomic mass is 32.2. The molecular formula is C13H9N3O2S3. The number of pyridine rings is 1. The van der Waals surface area contributed by atoms with Crippen LogP contribution in [0.4, 0.5) is 0 Å². The van der Waals surface area contributed by atoms with E-state index in [-0.39, 0.29) is 5.56 Å². The maximum Gasteiger partial charge on any atom is 0.336 e. The number of hydrogen-bond donors (Lipinski definition) is 1. The lowest BCUT2D eigenvalue weighted by Crippen LogP contribution is -1.99. The fourth-order valence-corrected chi connectivity index (χ4v) is 4.20. The molecule has 0 amide bonds. The van der Waals surface area contributed by atoms with Crippen molar-refractivity contribution >= 4 is 51.7 Å². The number of aromatic nitrogens is 3. The number of carboxylic acids is 1. The lowest BCUT2D eigenvalue weighted by Gasteiger charge is -2.04. The van der Waals surface area contributed by atoms with Crippen molar-refractivity contribution in [2.75, 3.05) is 6.26 Å². The van der Waals surface area contributed by atoms with E-state index in [0.29, 0.717) is 15.9 Å². The van der Waals surface area contributed by atoms with Crippen molar-refractivity contribution in [1.29, 1.82) is 0 Å². The first-order chi connectivity index (χ1) is 10.2. The van der Waals surface area contributed by atoms with Gasteiger partial charge in [0.25, 0.3) is 0 Å². The van der Waals surface area contributed by atoms with E-state index in [1.54, 1.807) is 24.3 Å². The Labute approximate surface area is 132 Å². The third-order valence-electron chi connectivity index (χ3n) is 2.68. The summed E-state index contributed by atoms with van der Waals surface area (Å²) < 4.78 is 1.62. The number of benzene rings is 1. The molecule has 1 N–H and O–H groups in total. The number of fused-ring (bicyclic) bond motifs is 1. The van der Waals surface area contributed by atoms with E-state index in [1.165, 1.54) is 34.9 Å². The second-order valence-electron chi connectivity index (χ2n) is 3.97. The molecule has 0 spiro atoms. The standard InChI is InChI=1S/C13H9N3O2S3/c1-19-12-15-16-13(21-12)20-10-6-8(11(17)18)7-4-2-3-5-9(7)14-10/h2-6H,1H3,(H,17,18). The van der Waals surface area contributed by atoms with Crippen molar-refractivity contribution in [2.24, 2.45) is 0 Å². The van der Waals surface area contributed by atoms with Crippen LogP contribution in [0, 0.1) is 0 Å². The average Bonchev–Trinajstić information content (AvgIpc) is 2.94. The van der Waals surface area contributed by atoms with Gasteiger partial charge in [-0.15, -0.1) is 10.2 Å². The fraction of sp³-hybridized carbons (Fsp3) is 0.0769. The Morgan fingerprint density at radius 3 is 2.71 bits per heavy atom. The highest BCUT2D eigenvalue weighted by molar-refractivity contribution is 8.02. The summed E-state index contributed by atoms with van der Waals surface area (Å²) in [5.41, 5.74) is 0.909. The molecule has 8 heteroatoms. The van der Waals surface area contributed by atoms with Gasteiger partial charge < -0.3 is 5.11 Å². The molecule has 0 fully saturated rings. The Morgan fingerprint density at radius 1 is 1.24 bits per heavy atom. The van der Waals surface area contributed by atoms with Gasteiger partial charge in [0.05, 0.1) is 11.1 Å². The third kappa shape index (κ3) is 3.02.